The highest BCUT2D eigenvalue weighted by atomic mass is 16.4. The van der Waals surface area contributed by atoms with Gasteiger partial charge in [-0.25, -0.2) is 4.79 Å². The lowest BCUT2D eigenvalue weighted by atomic mass is 9.94. The summed E-state index contributed by atoms with van der Waals surface area (Å²) in [6.07, 6.45) is 4.55. The zero-order valence-electron chi connectivity index (χ0n) is 11.5. The first-order valence-electron chi connectivity index (χ1n) is 7.09. The van der Waals surface area contributed by atoms with E-state index in [1.807, 2.05) is 30.3 Å². The molecule has 0 saturated carbocycles. The van der Waals surface area contributed by atoms with Gasteiger partial charge in [0.2, 0.25) is 0 Å². The van der Waals surface area contributed by atoms with Crippen molar-refractivity contribution in [1.29, 1.82) is 0 Å². The number of aromatic carboxylic acids is 1. The van der Waals surface area contributed by atoms with Crippen LogP contribution in [0, 0.1) is 0 Å². The van der Waals surface area contributed by atoms with Gasteiger partial charge in [-0.2, -0.15) is 0 Å². The number of aliphatic hydroxyl groups is 1. The van der Waals surface area contributed by atoms with Gasteiger partial charge >= 0.3 is 5.97 Å². The second-order valence-corrected chi connectivity index (χ2v) is 5.01. The van der Waals surface area contributed by atoms with Crippen molar-refractivity contribution in [1.82, 2.24) is 0 Å². The van der Waals surface area contributed by atoms with Gasteiger partial charge in [-0.3, -0.25) is 0 Å². The Morgan fingerprint density at radius 1 is 0.950 bits per heavy atom. The molecule has 3 nitrogen and oxygen atoms in total. The predicted octanol–water partition coefficient (Wildman–Crippen LogP) is 3.63. The maximum atomic E-state index is 11.4. The molecule has 0 spiro atoms. The second kappa shape index (κ2) is 7.06. The lowest BCUT2D eigenvalue weighted by Gasteiger charge is -2.10. The van der Waals surface area contributed by atoms with Crippen molar-refractivity contribution < 1.29 is 15.0 Å². The Balaban J connectivity index is 2.23. The molecular weight excluding hydrogens is 252 g/mol. The van der Waals surface area contributed by atoms with Gasteiger partial charge in [0.25, 0.3) is 0 Å². The van der Waals surface area contributed by atoms with E-state index < -0.39 is 5.97 Å². The van der Waals surface area contributed by atoms with Crippen molar-refractivity contribution in [3.8, 4) is 0 Å². The number of carboxylic acids is 1. The van der Waals surface area contributed by atoms with Gasteiger partial charge in [-0.1, -0.05) is 43.2 Å². The molecule has 0 bridgehead atoms. The Hall–Kier alpha value is -1.87. The van der Waals surface area contributed by atoms with Crippen LogP contribution in [0.15, 0.2) is 36.4 Å². The van der Waals surface area contributed by atoms with Crippen LogP contribution in [0.5, 0.6) is 0 Å². The molecule has 0 aliphatic heterocycles. The molecule has 2 N–H and O–H groups in total. The topological polar surface area (TPSA) is 57.5 Å². The zero-order valence-corrected chi connectivity index (χ0v) is 11.5. The van der Waals surface area contributed by atoms with Crippen LogP contribution in [-0.2, 0) is 6.42 Å². The number of aryl methyl sites for hydroxylation is 1. The molecule has 0 heterocycles. The number of hydrogen-bond acceptors (Lipinski definition) is 2. The number of fused-ring (bicyclic) bond motifs is 1. The molecule has 2 rings (SSSR count). The standard InChI is InChI=1S/C17H20O3/c18-12-6-2-1-3-9-15-14-8-5-4-7-13(14)10-11-16(15)17(19)20/h4-5,7-8,10-11,18H,1-3,6,9,12H2,(H,19,20). The molecule has 0 saturated heterocycles. The molecule has 0 aliphatic carbocycles. The van der Waals surface area contributed by atoms with Crippen LogP contribution in [-0.4, -0.2) is 22.8 Å². The molecular formula is C17H20O3. The van der Waals surface area contributed by atoms with Crippen molar-refractivity contribution in [3.05, 3.63) is 47.5 Å². The number of carbonyl (C=O) groups is 1. The van der Waals surface area contributed by atoms with E-state index in [1.54, 1.807) is 6.07 Å². The summed E-state index contributed by atoms with van der Waals surface area (Å²) >= 11 is 0. The third kappa shape index (κ3) is 3.36. The van der Waals surface area contributed by atoms with E-state index in [2.05, 4.69) is 0 Å². The van der Waals surface area contributed by atoms with E-state index in [0.717, 1.165) is 48.4 Å². The predicted molar refractivity (Wildman–Crippen MR) is 80.2 cm³/mol. The van der Waals surface area contributed by atoms with Crippen LogP contribution >= 0.6 is 0 Å². The van der Waals surface area contributed by atoms with Crippen molar-refractivity contribution >= 4 is 16.7 Å². The van der Waals surface area contributed by atoms with Crippen molar-refractivity contribution in [3.63, 3.8) is 0 Å². The summed E-state index contributed by atoms with van der Waals surface area (Å²) in [5.74, 6) is -0.860. The minimum Gasteiger partial charge on any atom is -0.478 e. The monoisotopic (exact) mass is 272 g/mol. The van der Waals surface area contributed by atoms with E-state index in [0.29, 0.717) is 5.56 Å². The van der Waals surface area contributed by atoms with E-state index in [1.165, 1.54) is 0 Å². The molecule has 0 amide bonds. The van der Waals surface area contributed by atoms with E-state index in [4.69, 9.17) is 5.11 Å². The minimum atomic E-state index is -0.860. The maximum Gasteiger partial charge on any atom is 0.335 e. The molecule has 20 heavy (non-hydrogen) atoms. The Bertz CT molecular complexity index is 590. The molecule has 0 atom stereocenters. The van der Waals surface area contributed by atoms with Gasteiger partial charge in [0, 0.05) is 6.61 Å². The quantitative estimate of drug-likeness (QED) is 0.757. The first-order chi connectivity index (χ1) is 9.74. The highest BCUT2D eigenvalue weighted by molar-refractivity contribution is 5.97. The lowest BCUT2D eigenvalue weighted by Crippen LogP contribution is -2.03. The summed E-state index contributed by atoms with van der Waals surface area (Å²) in [4.78, 5) is 11.4. The van der Waals surface area contributed by atoms with E-state index in [-0.39, 0.29) is 6.61 Å². The largest absolute Gasteiger partial charge is 0.478 e. The lowest BCUT2D eigenvalue weighted by molar-refractivity contribution is 0.0696. The fourth-order valence-electron chi connectivity index (χ4n) is 2.57. The van der Waals surface area contributed by atoms with Gasteiger partial charge in [0.05, 0.1) is 5.56 Å². The molecule has 0 aliphatic rings. The molecule has 0 fully saturated rings. The van der Waals surface area contributed by atoms with Gasteiger partial charge < -0.3 is 10.2 Å². The molecule has 106 valence electrons. The second-order valence-electron chi connectivity index (χ2n) is 5.01. The van der Waals surface area contributed by atoms with Crippen LogP contribution in [0.4, 0.5) is 0 Å². The normalized spacial score (nSPS) is 10.8. The van der Waals surface area contributed by atoms with Gasteiger partial charge in [0.1, 0.15) is 0 Å². The highest BCUT2D eigenvalue weighted by Crippen LogP contribution is 2.24. The van der Waals surface area contributed by atoms with Crippen LogP contribution in [0.2, 0.25) is 0 Å². The summed E-state index contributed by atoms with van der Waals surface area (Å²) in [7, 11) is 0. The minimum absolute atomic E-state index is 0.231. The van der Waals surface area contributed by atoms with E-state index in [9.17, 15) is 9.90 Å². The SMILES string of the molecule is O=C(O)c1ccc2ccccc2c1CCCCCCO. The van der Waals surface area contributed by atoms with Crippen LogP contribution < -0.4 is 0 Å². The Morgan fingerprint density at radius 3 is 2.45 bits per heavy atom. The first-order valence-corrected chi connectivity index (χ1v) is 7.09. The summed E-state index contributed by atoms with van der Waals surface area (Å²) in [6.45, 7) is 0.231. The van der Waals surface area contributed by atoms with Crippen LogP contribution in [0.25, 0.3) is 10.8 Å². The fourth-order valence-corrected chi connectivity index (χ4v) is 2.57. The van der Waals surface area contributed by atoms with Crippen LogP contribution in [0.1, 0.15) is 41.6 Å². The Morgan fingerprint density at radius 2 is 1.70 bits per heavy atom. The van der Waals surface area contributed by atoms with Gasteiger partial charge in [-0.05, 0) is 41.7 Å². The number of rotatable bonds is 7. The fraction of sp³-hybridized carbons (Fsp3) is 0.353. The zero-order chi connectivity index (χ0) is 14.4. The van der Waals surface area contributed by atoms with E-state index >= 15 is 0 Å². The smallest absolute Gasteiger partial charge is 0.335 e. The Labute approximate surface area is 118 Å². The van der Waals surface area contributed by atoms with Crippen molar-refractivity contribution in [2.24, 2.45) is 0 Å². The summed E-state index contributed by atoms with van der Waals surface area (Å²) in [6, 6.07) is 11.5. The van der Waals surface area contributed by atoms with Gasteiger partial charge in [0.15, 0.2) is 0 Å². The molecule has 0 unspecified atom stereocenters. The van der Waals surface area contributed by atoms with Crippen molar-refractivity contribution in [2.75, 3.05) is 6.61 Å². The molecule has 3 heteroatoms. The first kappa shape index (κ1) is 14.5. The third-order valence-corrected chi connectivity index (χ3v) is 3.61. The third-order valence-electron chi connectivity index (χ3n) is 3.61. The number of hydrogen-bond donors (Lipinski definition) is 2. The molecule has 2 aromatic carbocycles. The number of benzene rings is 2. The number of aliphatic hydroxyl groups excluding tert-OH is 1. The average Bonchev–Trinajstić information content (AvgIpc) is 2.46. The van der Waals surface area contributed by atoms with Crippen LogP contribution in [0.3, 0.4) is 0 Å². The summed E-state index contributed by atoms with van der Waals surface area (Å²) < 4.78 is 0. The average molecular weight is 272 g/mol. The molecule has 0 aromatic heterocycles. The highest BCUT2D eigenvalue weighted by Gasteiger charge is 2.12. The van der Waals surface area contributed by atoms with Gasteiger partial charge in [-0.15, -0.1) is 0 Å². The summed E-state index contributed by atoms with van der Waals surface area (Å²) in [5.41, 5.74) is 1.34. The molecule has 0 radical (unpaired) electrons. The summed E-state index contributed by atoms with van der Waals surface area (Å²) in [5, 5.41) is 20.2. The molecule has 2 aromatic rings. The van der Waals surface area contributed by atoms with Crippen molar-refractivity contribution in [2.45, 2.75) is 32.1 Å². The number of carboxylic acid groups (broad SMARTS) is 1. The maximum absolute atomic E-state index is 11.4. The number of unbranched alkanes of at least 4 members (excludes halogenated alkanes) is 3. The Kier molecular flexibility index (Phi) is 5.13.